The Hall–Kier alpha value is -2.00. The number of nitrogens with zero attached hydrogens (tertiary/aromatic N) is 2. The summed E-state index contributed by atoms with van der Waals surface area (Å²) in [5.74, 6) is -0.553. The summed E-state index contributed by atoms with van der Waals surface area (Å²) in [5.41, 5.74) is 1.06. The largest absolute Gasteiger partial charge is 0.352 e. The van der Waals surface area contributed by atoms with E-state index in [-0.39, 0.29) is 54.5 Å². The third kappa shape index (κ3) is 8.86. The number of amides is 2. The number of rotatable bonds is 11. The van der Waals surface area contributed by atoms with Crippen molar-refractivity contribution in [2.24, 2.45) is 0 Å². The molecule has 0 aromatic heterocycles. The summed E-state index contributed by atoms with van der Waals surface area (Å²) >= 11 is 18.2. The molecule has 0 saturated heterocycles. The van der Waals surface area contributed by atoms with Crippen molar-refractivity contribution in [2.45, 2.75) is 52.2 Å². The number of hydrogen-bond donors (Lipinski definition) is 1. The number of sulfonamides is 1. The van der Waals surface area contributed by atoms with Crippen LogP contribution in [0.3, 0.4) is 0 Å². The van der Waals surface area contributed by atoms with Gasteiger partial charge in [-0.05, 0) is 63.1 Å². The predicted molar refractivity (Wildman–Crippen MR) is 143 cm³/mol. The summed E-state index contributed by atoms with van der Waals surface area (Å²) in [6.07, 6.45) is 1.30. The van der Waals surface area contributed by atoms with Gasteiger partial charge in [-0.3, -0.25) is 13.9 Å². The maximum absolute atomic E-state index is 13.2. The summed E-state index contributed by atoms with van der Waals surface area (Å²) < 4.78 is 26.0. The zero-order valence-electron chi connectivity index (χ0n) is 20.1. The molecule has 2 aromatic rings. The molecule has 1 N–H and O–H groups in total. The molecule has 0 aliphatic rings. The first-order chi connectivity index (χ1) is 16.3. The minimum Gasteiger partial charge on any atom is -0.352 e. The molecule has 2 aromatic carbocycles. The minimum atomic E-state index is -3.68. The van der Waals surface area contributed by atoms with E-state index in [4.69, 9.17) is 34.8 Å². The number of anilines is 1. The van der Waals surface area contributed by atoms with E-state index < -0.39 is 16.1 Å². The molecule has 2 rings (SSSR count). The van der Waals surface area contributed by atoms with Crippen LogP contribution in [0.1, 0.15) is 39.2 Å². The van der Waals surface area contributed by atoms with E-state index in [1.54, 1.807) is 37.3 Å². The molecule has 1 atom stereocenters. The van der Waals surface area contributed by atoms with Crippen molar-refractivity contribution in [2.75, 3.05) is 17.1 Å². The first-order valence-electron chi connectivity index (χ1n) is 11.1. The molecular weight excluding hydrogens is 533 g/mol. The Morgan fingerprint density at radius 3 is 2.14 bits per heavy atom. The molecule has 0 fully saturated rings. The Bertz CT molecular complexity index is 1140. The molecule has 11 heteroatoms. The quantitative estimate of drug-likeness (QED) is 0.411. The van der Waals surface area contributed by atoms with Gasteiger partial charge in [0.05, 0.1) is 17.0 Å². The fourth-order valence-electron chi connectivity index (χ4n) is 3.43. The second-order valence-electron chi connectivity index (χ2n) is 8.52. The van der Waals surface area contributed by atoms with Crippen molar-refractivity contribution in [3.63, 3.8) is 0 Å². The SMILES string of the molecule is CC(C)NC(=O)[C@H](C)N(Cc1ccc(Cl)cc1)C(=O)CCCN(c1cc(Cl)ccc1Cl)S(C)(=O)=O. The van der Waals surface area contributed by atoms with E-state index in [0.717, 1.165) is 16.1 Å². The lowest BCUT2D eigenvalue weighted by Crippen LogP contribution is -2.49. The Morgan fingerprint density at radius 1 is 0.971 bits per heavy atom. The van der Waals surface area contributed by atoms with Crippen LogP contribution in [0.2, 0.25) is 15.1 Å². The molecule has 0 bridgehead atoms. The number of hydrogen-bond acceptors (Lipinski definition) is 4. The molecule has 0 unspecified atom stereocenters. The van der Waals surface area contributed by atoms with Crippen LogP contribution in [0.4, 0.5) is 5.69 Å². The molecule has 192 valence electrons. The van der Waals surface area contributed by atoms with Crippen molar-refractivity contribution in [1.29, 1.82) is 0 Å². The van der Waals surface area contributed by atoms with Gasteiger partial charge in [0, 0.05) is 35.6 Å². The van der Waals surface area contributed by atoms with Crippen LogP contribution in [0, 0.1) is 0 Å². The highest BCUT2D eigenvalue weighted by Crippen LogP contribution is 2.31. The van der Waals surface area contributed by atoms with Gasteiger partial charge in [-0.2, -0.15) is 0 Å². The molecule has 0 radical (unpaired) electrons. The summed E-state index contributed by atoms with van der Waals surface area (Å²) in [7, 11) is -3.68. The standard InChI is InChI=1S/C24H30Cl3N3O4S/c1-16(2)28-24(32)17(3)29(15-18-7-9-19(25)10-8-18)23(31)6-5-13-30(35(4,33)34)22-14-20(26)11-12-21(22)27/h7-12,14,16-17H,5-6,13,15H2,1-4H3,(H,28,32)/t17-/m0/s1. The lowest BCUT2D eigenvalue weighted by molar-refractivity contribution is -0.140. The van der Waals surface area contributed by atoms with Gasteiger partial charge < -0.3 is 10.2 Å². The molecule has 0 spiro atoms. The topological polar surface area (TPSA) is 86.8 Å². The summed E-state index contributed by atoms with van der Waals surface area (Å²) in [4.78, 5) is 27.4. The van der Waals surface area contributed by atoms with Gasteiger partial charge in [0.1, 0.15) is 6.04 Å². The molecule has 35 heavy (non-hydrogen) atoms. The maximum atomic E-state index is 13.2. The average Bonchev–Trinajstić information content (AvgIpc) is 2.76. The number of benzene rings is 2. The van der Waals surface area contributed by atoms with Crippen LogP contribution >= 0.6 is 34.8 Å². The molecule has 0 heterocycles. The van der Waals surface area contributed by atoms with E-state index in [1.165, 1.54) is 17.0 Å². The van der Waals surface area contributed by atoms with Crippen LogP contribution in [0.25, 0.3) is 0 Å². The Labute approximate surface area is 222 Å². The highest BCUT2D eigenvalue weighted by Gasteiger charge is 2.27. The molecular formula is C24H30Cl3N3O4S. The predicted octanol–water partition coefficient (Wildman–Crippen LogP) is 5.13. The zero-order chi connectivity index (χ0) is 26.3. The second kappa shape index (κ2) is 12.8. The number of carbonyl (C=O) groups excluding carboxylic acids is 2. The summed E-state index contributed by atoms with van der Waals surface area (Å²) in [6.45, 7) is 5.58. The van der Waals surface area contributed by atoms with E-state index in [2.05, 4.69) is 5.32 Å². The zero-order valence-corrected chi connectivity index (χ0v) is 23.2. The van der Waals surface area contributed by atoms with Crippen LogP contribution in [0.5, 0.6) is 0 Å². The van der Waals surface area contributed by atoms with Crippen molar-refractivity contribution in [1.82, 2.24) is 10.2 Å². The number of nitrogens with one attached hydrogen (secondary N) is 1. The van der Waals surface area contributed by atoms with Crippen molar-refractivity contribution in [3.8, 4) is 0 Å². The van der Waals surface area contributed by atoms with Gasteiger partial charge in [0.2, 0.25) is 21.8 Å². The molecule has 0 saturated carbocycles. The van der Waals surface area contributed by atoms with Crippen molar-refractivity contribution >= 4 is 62.3 Å². The van der Waals surface area contributed by atoms with Gasteiger partial charge in [0.25, 0.3) is 0 Å². The summed E-state index contributed by atoms with van der Waals surface area (Å²) in [5, 5.41) is 3.97. The van der Waals surface area contributed by atoms with Gasteiger partial charge >= 0.3 is 0 Å². The Morgan fingerprint density at radius 2 is 1.57 bits per heavy atom. The van der Waals surface area contributed by atoms with Gasteiger partial charge in [-0.25, -0.2) is 8.42 Å². The van der Waals surface area contributed by atoms with Crippen LogP contribution in [-0.2, 0) is 26.2 Å². The van der Waals surface area contributed by atoms with Crippen LogP contribution < -0.4 is 9.62 Å². The van der Waals surface area contributed by atoms with E-state index in [9.17, 15) is 18.0 Å². The average molecular weight is 563 g/mol. The molecule has 0 aliphatic carbocycles. The Balaban J connectivity index is 2.20. The third-order valence-electron chi connectivity index (χ3n) is 5.19. The highest BCUT2D eigenvalue weighted by molar-refractivity contribution is 7.92. The van der Waals surface area contributed by atoms with E-state index in [0.29, 0.717) is 10.0 Å². The fraction of sp³-hybridized carbons (Fsp3) is 0.417. The first kappa shape index (κ1) is 29.2. The molecule has 7 nitrogen and oxygen atoms in total. The van der Waals surface area contributed by atoms with Crippen LogP contribution in [0.15, 0.2) is 42.5 Å². The minimum absolute atomic E-state index is 0.0198. The maximum Gasteiger partial charge on any atom is 0.242 e. The lowest BCUT2D eigenvalue weighted by atomic mass is 10.1. The number of halogens is 3. The van der Waals surface area contributed by atoms with E-state index >= 15 is 0 Å². The van der Waals surface area contributed by atoms with Gasteiger partial charge in [-0.15, -0.1) is 0 Å². The van der Waals surface area contributed by atoms with Crippen LogP contribution in [-0.4, -0.2) is 50.0 Å². The van der Waals surface area contributed by atoms with Gasteiger partial charge in [-0.1, -0.05) is 46.9 Å². The van der Waals surface area contributed by atoms with E-state index in [1.807, 2.05) is 13.8 Å². The Kier molecular flexibility index (Phi) is 10.7. The van der Waals surface area contributed by atoms with Gasteiger partial charge in [0.15, 0.2) is 0 Å². The fourth-order valence-corrected chi connectivity index (χ4v) is 4.96. The number of carbonyl (C=O) groups is 2. The summed E-state index contributed by atoms with van der Waals surface area (Å²) in [6, 6.07) is 10.8. The lowest BCUT2D eigenvalue weighted by Gasteiger charge is -2.30. The van der Waals surface area contributed by atoms with Crippen molar-refractivity contribution in [3.05, 3.63) is 63.1 Å². The molecule has 0 aliphatic heterocycles. The smallest absolute Gasteiger partial charge is 0.242 e. The third-order valence-corrected chi connectivity index (χ3v) is 7.18. The van der Waals surface area contributed by atoms with Crippen molar-refractivity contribution < 1.29 is 18.0 Å². The highest BCUT2D eigenvalue weighted by atomic mass is 35.5. The molecule has 2 amide bonds. The monoisotopic (exact) mass is 561 g/mol. The normalized spacial score (nSPS) is 12.3. The second-order valence-corrected chi connectivity index (χ2v) is 11.7. The first-order valence-corrected chi connectivity index (χ1v) is 14.0.